The lowest BCUT2D eigenvalue weighted by molar-refractivity contribution is -0.139. The second kappa shape index (κ2) is 13.7. The zero-order chi connectivity index (χ0) is 15.2. The van der Waals surface area contributed by atoms with E-state index in [0.717, 1.165) is 38.5 Å². The molecule has 116 valence electrons. The maximum atomic E-state index is 11.1. The van der Waals surface area contributed by atoms with E-state index in [2.05, 4.69) is 16.0 Å². The lowest BCUT2D eigenvalue weighted by atomic mass is 10.1. The summed E-state index contributed by atoms with van der Waals surface area (Å²) in [6, 6.07) is 0. The Bertz CT molecular complexity index is 295. The highest BCUT2D eigenvalue weighted by Crippen LogP contribution is 2.19. The first-order valence-corrected chi connectivity index (χ1v) is 8.47. The van der Waals surface area contributed by atoms with Gasteiger partial charge in [0.25, 0.3) is 0 Å². The Hall–Kier alpha value is -0.300. The number of carbonyl (C=O) groups is 1. The Labute approximate surface area is 126 Å². The van der Waals surface area contributed by atoms with Gasteiger partial charge in [-0.05, 0) is 19.8 Å². The van der Waals surface area contributed by atoms with Crippen LogP contribution in [0.25, 0.3) is 0 Å². The number of esters is 1. The molecule has 20 heavy (non-hydrogen) atoms. The first-order chi connectivity index (χ1) is 9.61. The molecule has 0 bridgehead atoms. The molecule has 0 aromatic rings. The standard InChI is InChI=1S/C14H26O4P2/c1-12(2)14(15)17-11-9-7-5-3-4-6-8-10-13(18-19)20-16/h13H,1,3-11,19H2,2H3. The van der Waals surface area contributed by atoms with Crippen LogP contribution in [0, 0.1) is 0 Å². The molecule has 0 saturated carbocycles. The number of rotatable bonds is 13. The molecule has 0 spiro atoms. The first-order valence-electron chi connectivity index (χ1n) is 7.12. The van der Waals surface area contributed by atoms with E-state index >= 15 is 0 Å². The lowest BCUT2D eigenvalue weighted by Gasteiger charge is -2.06. The Kier molecular flexibility index (Phi) is 13.5. The van der Waals surface area contributed by atoms with Crippen LogP contribution in [0.1, 0.15) is 58.3 Å². The fourth-order valence-electron chi connectivity index (χ4n) is 1.74. The van der Waals surface area contributed by atoms with Gasteiger partial charge in [-0.15, -0.1) is 0 Å². The molecule has 0 aliphatic rings. The summed E-state index contributed by atoms with van der Waals surface area (Å²) in [5.41, 5.74) is 0.454. The van der Waals surface area contributed by atoms with Gasteiger partial charge in [-0.25, -0.2) is 4.79 Å². The minimum absolute atomic E-state index is 0.0634. The second-order valence-corrected chi connectivity index (χ2v) is 5.93. The predicted molar refractivity (Wildman–Crippen MR) is 84.9 cm³/mol. The Morgan fingerprint density at radius 2 is 1.70 bits per heavy atom. The van der Waals surface area contributed by atoms with Gasteiger partial charge in [-0.3, -0.25) is 4.57 Å². The molecule has 0 aromatic heterocycles. The Morgan fingerprint density at radius 3 is 2.20 bits per heavy atom. The Balaban J connectivity index is 3.23. The van der Waals surface area contributed by atoms with Gasteiger partial charge in [0, 0.05) is 15.0 Å². The van der Waals surface area contributed by atoms with Crippen LogP contribution in [0.2, 0.25) is 0 Å². The Morgan fingerprint density at radius 1 is 1.15 bits per heavy atom. The van der Waals surface area contributed by atoms with Gasteiger partial charge in [0.05, 0.1) is 6.61 Å². The molecule has 0 N–H and O–H groups in total. The average molecular weight is 320 g/mol. The van der Waals surface area contributed by atoms with E-state index in [9.17, 15) is 9.36 Å². The van der Waals surface area contributed by atoms with E-state index in [1.54, 1.807) is 6.92 Å². The maximum Gasteiger partial charge on any atom is 0.333 e. The SMILES string of the molecule is C=C(C)C(=O)OCCCCCCCCCC(OP)P=O. The monoisotopic (exact) mass is 320 g/mol. The van der Waals surface area contributed by atoms with E-state index in [-0.39, 0.29) is 20.3 Å². The number of carbonyl (C=O) groups excluding carboxylic acids is 1. The van der Waals surface area contributed by atoms with Gasteiger partial charge in [0.2, 0.25) is 0 Å². The minimum Gasteiger partial charge on any atom is -0.462 e. The van der Waals surface area contributed by atoms with Crippen LogP contribution < -0.4 is 0 Å². The van der Waals surface area contributed by atoms with Crippen LogP contribution in [0.3, 0.4) is 0 Å². The van der Waals surface area contributed by atoms with Crippen molar-refractivity contribution in [3.63, 3.8) is 0 Å². The lowest BCUT2D eigenvalue weighted by Crippen LogP contribution is -2.05. The molecule has 0 heterocycles. The van der Waals surface area contributed by atoms with Crippen LogP contribution in [0.15, 0.2) is 12.2 Å². The fourth-order valence-corrected chi connectivity index (χ4v) is 2.36. The molecule has 0 aromatic carbocycles. The van der Waals surface area contributed by atoms with E-state index in [0.29, 0.717) is 12.2 Å². The molecule has 4 nitrogen and oxygen atoms in total. The van der Waals surface area contributed by atoms with Crippen LogP contribution >= 0.6 is 17.9 Å². The van der Waals surface area contributed by atoms with Gasteiger partial charge < -0.3 is 9.26 Å². The molecule has 0 aliphatic carbocycles. The number of ether oxygens (including phenoxy) is 1. The minimum atomic E-state index is -0.298. The summed E-state index contributed by atoms with van der Waals surface area (Å²) >= 11 is 0. The zero-order valence-corrected chi connectivity index (χ0v) is 14.4. The second-order valence-electron chi connectivity index (χ2n) is 4.88. The fraction of sp³-hybridized carbons (Fsp3) is 0.786. The normalized spacial score (nSPS) is 12.3. The van der Waals surface area contributed by atoms with Gasteiger partial charge in [-0.2, -0.15) is 0 Å². The third kappa shape index (κ3) is 11.5. The highest BCUT2D eigenvalue weighted by atomic mass is 31.1. The van der Waals surface area contributed by atoms with Crippen molar-refractivity contribution in [2.45, 2.75) is 64.1 Å². The van der Waals surface area contributed by atoms with Crippen molar-refractivity contribution in [1.29, 1.82) is 0 Å². The van der Waals surface area contributed by atoms with E-state index < -0.39 is 0 Å². The quantitative estimate of drug-likeness (QED) is 0.214. The van der Waals surface area contributed by atoms with Crippen LogP contribution in [-0.2, 0) is 18.6 Å². The molecule has 0 fully saturated rings. The van der Waals surface area contributed by atoms with Crippen molar-refractivity contribution >= 4 is 23.9 Å². The van der Waals surface area contributed by atoms with Crippen LogP contribution in [0.4, 0.5) is 0 Å². The van der Waals surface area contributed by atoms with Gasteiger partial charge in [0.15, 0.2) is 8.46 Å². The molecule has 0 radical (unpaired) electrons. The zero-order valence-electron chi connectivity index (χ0n) is 12.3. The summed E-state index contributed by atoms with van der Waals surface area (Å²) in [7, 11) is 2.22. The maximum absolute atomic E-state index is 11.1. The summed E-state index contributed by atoms with van der Waals surface area (Å²) in [5.74, 6) is -0.475. The largest absolute Gasteiger partial charge is 0.462 e. The molecule has 0 aliphatic heterocycles. The molecular formula is C14H26O4P2. The van der Waals surface area contributed by atoms with E-state index in [1.807, 2.05) is 0 Å². The number of hydrogen-bond acceptors (Lipinski definition) is 4. The van der Waals surface area contributed by atoms with Crippen LogP contribution in [0.5, 0.6) is 0 Å². The predicted octanol–water partition coefficient (Wildman–Crippen LogP) is 4.65. The summed E-state index contributed by atoms with van der Waals surface area (Å²) in [6.07, 6.45) is 8.56. The summed E-state index contributed by atoms with van der Waals surface area (Å²) in [5, 5.41) is 0. The number of hydrogen-bond donors (Lipinski definition) is 0. The summed E-state index contributed by atoms with van der Waals surface area (Å²) < 4.78 is 20.6. The topological polar surface area (TPSA) is 52.6 Å². The average Bonchev–Trinajstić information content (AvgIpc) is 2.44. The molecule has 2 atom stereocenters. The summed E-state index contributed by atoms with van der Waals surface area (Å²) in [4.78, 5) is 11.1. The van der Waals surface area contributed by atoms with E-state index in [4.69, 9.17) is 9.26 Å². The van der Waals surface area contributed by atoms with Gasteiger partial charge in [-0.1, -0.05) is 45.1 Å². The molecular weight excluding hydrogens is 294 g/mol. The van der Waals surface area contributed by atoms with Crippen molar-refractivity contribution in [1.82, 2.24) is 0 Å². The van der Waals surface area contributed by atoms with Crippen molar-refractivity contribution in [2.24, 2.45) is 0 Å². The van der Waals surface area contributed by atoms with E-state index in [1.165, 1.54) is 12.8 Å². The smallest absolute Gasteiger partial charge is 0.333 e. The molecule has 2 unspecified atom stereocenters. The van der Waals surface area contributed by atoms with Crippen LogP contribution in [-0.4, -0.2) is 18.4 Å². The first kappa shape index (κ1) is 19.7. The van der Waals surface area contributed by atoms with Crippen molar-refractivity contribution in [3.05, 3.63) is 12.2 Å². The molecule has 0 rings (SSSR count). The highest BCUT2D eigenvalue weighted by Gasteiger charge is 2.05. The van der Waals surface area contributed by atoms with Crippen molar-refractivity contribution in [3.8, 4) is 0 Å². The third-order valence-electron chi connectivity index (χ3n) is 2.95. The molecule has 6 heteroatoms. The highest BCUT2D eigenvalue weighted by molar-refractivity contribution is 7.25. The van der Waals surface area contributed by atoms with Gasteiger partial charge in [0.1, 0.15) is 5.85 Å². The molecule has 0 saturated heterocycles. The summed E-state index contributed by atoms with van der Waals surface area (Å²) in [6.45, 7) is 5.67. The van der Waals surface area contributed by atoms with Gasteiger partial charge >= 0.3 is 5.97 Å². The third-order valence-corrected chi connectivity index (χ3v) is 4.12. The van der Waals surface area contributed by atoms with Crippen molar-refractivity contribution in [2.75, 3.05) is 6.61 Å². The number of unbranched alkanes of at least 4 members (excludes halogenated alkanes) is 6. The molecule has 0 amide bonds. The van der Waals surface area contributed by atoms with Crippen molar-refractivity contribution < 1.29 is 18.6 Å².